The standard InChI is InChI=1S/C14H17ClN2O3/c1-20-10-13(18)16-5-7-17(8-6-16)14(19)11-3-2-4-12(15)9-11/h2-4,9H,5-8,10H2,1H3. The summed E-state index contributed by atoms with van der Waals surface area (Å²) in [7, 11) is 1.50. The molecule has 5 nitrogen and oxygen atoms in total. The molecule has 1 fully saturated rings. The molecular formula is C14H17ClN2O3. The van der Waals surface area contributed by atoms with Gasteiger partial charge in [0.1, 0.15) is 6.61 Å². The molecule has 6 heteroatoms. The molecule has 108 valence electrons. The molecule has 0 aromatic heterocycles. The van der Waals surface area contributed by atoms with Gasteiger partial charge in [-0.25, -0.2) is 0 Å². The number of rotatable bonds is 3. The monoisotopic (exact) mass is 296 g/mol. The van der Waals surface area contributed by atoms with Gasteiger partial charge in [0.15, 0.2) is 0 Å². The minimum absolute atomic E-state index is 0.0395. The molecular weight excluding hydrogens is 280 g/mol. The summed E-state index contributed by atoms with van der Waals surface area (Å²) in [6.45, 7) is 2.22. The van der Waals surface area contributed by atoms with E-state index in [9.17, 15) is 9.59 Å². The Morgan fingerprint density at radius 3 is 2.45 bits per heavy atom. The van der Waals surface area contributed by atoms with Gasteiger partial charge in [-0.15, -0.1) is 0 Å². The molecule has 0 N–H and O–H groups in total. The minimum atomic E-state index is -0.0497. The van der Waals surface area contributed by atoms with E-state index in [1.165, 1.54) is 7.11 Å². The summed E-state index contributed by atoms with van der Waals surface area (Å²) in [6, 6.07) is 6.90. The summed E-state index contributed by atoms with van der Waals surface area (Å²) in [5.41, 5.74) is 0.578. The Kier molecular flexibility index (Phi) is 4.98. The Bertz CT molecular complexity index is 499. The summed E-state index contributed by atoms with van der Waals surface area (Å²) in [4.78, 5) is 27.4. The molecule has 1 aliphatic rings. The molecule has 2 amide bonds. The van der Waals surface area contributed by atoms with Gasteiger partial charge in [0.2, 0.25) is 5.91 Å². The van der Waals surface area contributed by atoms with Crippen molar-refractivity contribution >= 4 is 23.4 Å². The van der Waals surface area contributed by atoms with Crippen LogP contribution in [-0.4, -0.2) is 61.5 Å². The largest absolute Gasteiger partial charge is 0.375 e. The van der Waals surface area contributed by atoms with Crippen molar-refractivity contribution < 1.29 is 14.3 Å². The maximum Gasteiger partial charge on any atom is 0.254 e. The zero-order valence-electron chi connectivity index (χ0n) is 11.3. The number of methoxy groups -OCH3 is 1. The molecule has 1 heterocycles. The number of amides is 2. The lowest BCUT2D eigenvalue weighted by molar-refractivity contribution is -0.136. The molecule has 0 aliphatic carbocycles. The minimum Gasteiger partial charge on any atom is -0.375 e. The van der Waals surface area contributed by atoms with Crippen LogP contribution in [0.2, 0.25) is 5.02 Å². The summed E-state index contributed by atoms with van der Waals surface area (Å²) < 4.78 is 4.83. The first kappa shape index (κ1) is 14.8. The quantitative estimate of drug-likeness (QED) is 0.844. The molecule has 1 saturated heterocycles. The van der Waals surface area contributed by atoms with Gasteiger partial charge in [-0.2, -0.15) is 0 Å². The van der Waals surface area contributed by atoms with Crippen LogP contribution in [0, 0.1) is 0 Å². The topological polar surface area (TPSA) is 49.9 Å². The van der Waals surface area contributed by atoms with E-state index in [4.69, 9.17) is 16.3 Å². The number of hydrogen-bond donors (Lipinski definition) is 0. The van der Waals surface area contributed by atoms with Crippen LogP contribution in [0.4, 0.5) is 0 Å². The molecule has 0 atom stereocenters. The third-order valence-corrected chi connectivity index (χ3v) is 3.49. The van der Waals surface area contributed by atoms with E-state index in [0.717, 1.165) is 0 Å². The molecule has 0 unspecified atom stereocenters. The van der Waals surface area contributed by atoms with Crippen LogP contribution < -0.4 is 0 Å². The second kappa shape index (κ2) is 6.72. The zero-order valence-corrected chi connectivity index (χ0v) is 12.1. The highest BCUT2D eigenvalue weighted by atomic mass is 35.5. The van der Waals surface area contributed by atoms with Gasteiger partial charge >= 0.3 is 0 Å². The van der Waals surface area contributed by atoms with Crippen LogP contribution in [0.1, 0.15) is 10.4 Å². The van der Waals surface area contributed by atoms with Crippen molar-refractivity contribution in [2.45, 2.75) is 0 Å². The lowest BCUT2D eigenvalue weighted by Crippen LogP contribution is -2.51. The van der Waals surface area contributed by atoms with E-state index in [2.05, 4.69) is 0 Å². The first-order valence-electron chi connectivity index (χ1n) is 6.43. The number of carbonyl (C=O) groups excluding carboxylic acids is 2. The summed E-state index contributed by atoms with van der Waals surface area (Å²) in [6.07, 6.45) is 0. The Morgan fingerprint density at radius 1 is 1.20 bits per heavy atom. The predicted octanol–water partition coefficient (Wildman–Crippen LogP) is 1.27. The Balaban J connectivity index is 1.93. The van der Waals surface area contributed by atoms with Crippen LogP contribution in [0.15, 0.2) is 24.3 Å². The Labute approximate surface area is 123 Å². The van der Waals surface area contributed by atoms with Crippen molar-refractivity contribution in [2.24, 2.45) is 0 Å². The molecule has 0 bridgehead atoms. The second-order valence-corrected chi connectivity index (χ2v) is 5.05. The fourth-order valence-electron chi connectivity index (χ4n) is 2.18. The van der Waals surface area contributed by atoms with E-state index in [1.807, 2.05) is 0 Å². The lowest BCUT2D eigenvalue weighted by atomic mass is 10.2. The van der Waals surface area contributed by atoms with Crippen molar-refractivity contribution in [1.82, 2.24) is 9.80 Å². The van der Waals surface area contributed by atoms with Gasteiger partial charge < -0.3 is 14.5 Å². The third-order valence-electron chi connectivity index (χ3n) is 3.26. The molecule has 0 spiro atoms. The molecule has 0 saturated carbocycles. The van der Waals surface area contributed by atoms with Gasteiger partial charge in [0.05, 0.1) is 0 Å². The SMILES string of the molecule is COCC(=O)N1CCN(C(=O)c2cccc(Cl)c2)CC1. The van der Waals surface area contributed by atoms with E-state index < -0.39 is 0 Å². The van der Waals surface area contributed by atoms with Crippen LogP contribution >= 0.6 is 11.6 Å². The van der Waals surface area contributed by atoms with Gasteiger partial charge in [-0.3, -0.25) is 9.59 Å². The number of halogens is 1. The molecule has 2 rings (SSSR count). The van der Waals surface area contributed by atoms with Crippen molar-refractivity contribution in [1.29, 1.82) is 0 Å². The second-order valence-electron chi connectivity index (χ2n) is 4.62. The first-order valence-corrected chi connectivity index (χ1v) is 6.81. The average Bonchev–Trinajstić information content (AvgIpc) is 2.47. The number of hydrogen-bond acceptors (Lipinski definition) is 3. The van der Waals surface area contributed by atoms with Crippen LogP contribution in [0.25, 0.3) is 0 Å². The number of carbonyl (C=O) groups is 2. The molecule has 20 heavy (non-hydrogen) atoms. The van der Waals surface area contributed by atoms with Crippen molar-refractivity contribution in [2.75, 3.05) is 39.9 Å². The highest BCUT2D eigenvalue weighted by molar-refractivity contribution is 6.30. The van der Waals surface area contributed by atoms with Crippen molar-refractivity contribution in [3.8, 4) is 0 Å². The average molecular weight is 297 g/mol. The van der Waals surface area contributed by atoms with Gasteiger partial charge in [-0.1, -0.05) is 17.7 Å². The number of piperazine rings is 1. The molecule has 1 aromatic carbocycles. The van der Waals surface area contributed by atoms with Gasteiger partial charge in [0, 0.05) is 43.9 Å². The third kappa shape index (κ3) is 3.49. The number of benzene rings is 1. The van der Waals surface area contributed by atoms with E-state index >= 15 is 0 Å². The summed E-state index contributed by atoms with van der Waals surface area (Å²) >= 11 is 5.89. The highest BCUT2D eigenvalue weighted by Crippen LogP contribution is 2.14. The van der Waals surface area contributed by atoms with Crippen LogP contribution in [0.3, 0.4) is 0 Å². The van der Waals surface area contributed by atoms with E-state index in [0.29, 0.717) is 36.8 Å². The maximum absolute atomic E-state index is 12.3. The van der Waals surface area contributed by atoms with E-state index in [1.54, 1.807) is 34.1 Å². The van der Waals surface area contributed by atoms with Gasteiger partial charge in [0.25, 0.3) is 5.91 Å². The van der Waals surface area contributed by atoms with Crippen molar-refractivity contribution in [3.63, 3.8) is 0 Å². The van der Waals surface area contributed by atoms with E-state index in [-0.39, 0.29) is 18.4 Å². The molecule has 1 aromatic rings. The molecule has 0 radical (unpaired) electrons. The number of ether oxygens (including phenoxy) is 1. The Morgan fingerprint density at radius 2 is 1.85 bits per heavy atom. The fourth-order valence-corrected chi connectivity index (χ4v) is 2.37. The van der Waals surface area contributed by atoms with Crippen molar-refractivity contribution in [3.05, 3.63) is 34.9 Å². The summed E-state index contributed by atoms with van der Waals surface area (Å²) in [5.74, 6) is -0.0892. The lowest BCUT2D eigenvalue weighted by Gasteiger charge is -2.34. The Hall–Kier alpha value is -1.59. The molecule has 1 aliphatic heterocycles. The maximum atomic E-state index is 12.3. The predicted molar refractivity (Wildman–Crippen MR) is 75.8 cm³/mol. The highest BCUT2D eigenvalue weighted by Gasteiger charge is 2.24. The van der Waals surface area contributed by atoms with Crippen LogP contribution in [0.5, 0.6) is 0 Å². The number of nitrogens with zero attached hydrogens (tertiary/aromatic N) is 2. The first-order chi connectivity index (χ1) is 9.61. The normalized spacial score (nSPS) is 15.3. The fraction of sp³-hybridized carbons (Fsp3) is 0.429. The van der Waals surface area contributed by atoms with Crippen LogP contribution in [-0.2, 0) is 9.53 Å². The zero-order chi connectivity index (χ0) is 14.5. The smallest absolute Gasteiger partial charge is 0.254 e. The van der Waals surface area contributed by atoms with Gasteiger partial charge in [-0.05, 0) is 18.2 Å². The summed E-state index contributed by atoms with van der Waals surface area (Å²) in [5, 5.41) is 0.546.